The second kappa shape index (κ2) is 8.24. The Kier molecular flexibility index (Phi) is 5.55. The van der Waals surface area contributed by atoms with Gasteiger partial charge in [0.05, 0.1) is 6.04 Å². The number of likely N-dealkylation sites (tertiary alicyclic amines) is 1. The predicted molar refractivity (Wildman–Crippen MR) is 109 cm³/mol. The number of anilines is 1. The van der Waals surface area contributed by atoms with E-state index in [0.717, 1.165) is 56.7 Å². The molecule has 0 radical (unpaired) electrons. The van der Waals surface area contributed by atoms with Crippen molar-refractivity contribution in [2.75, 3.05) is 25.1 Å². The Balaban J connectivity index is 1.47. The third-order valence-electron chi connectivity index (χ3n) is 5.74. The first-order chi connectivity index (χ1) is 13.2. The highest BCUT2D eigenvalue weighted by Crippen LogP contribution is 2.27. The summed E-state index contributed by atoms with van der Waals surface area (Å²) in [6, 6.07) is 17.1. The van der Waals surface area contributed by atoms with Crippen LogP contribution in [0.4, 0.5) is 5.69 Å². The number of carbonyl (C=O) groups is 1. The average molecular weight is 364 g/mol. The Hall–Kier alpha value is -2.17. The number of hydrogen-bond donors (Lipinski definition) is 1. The zero-order chi connectivity index (χ0) is 18.6. The van der Waals surface area contributed by atoms with Gasteiger partial charge in [0.15, 0.2) is 0 Å². The third-order valence-corrected chi connectivity index (χ3v) is 5.74. The summed E-state index contributed by atoms with van der Waals surface area (Å²) in [4.78, 5) is 15.4. The summed E-state index contributed by atoms with van der Waals surface area (Å²) >= 11 is 0. The van der Waals surface area contributed by atoms with Crippen LogP contribution >= 0.6 is 0 Å². The molecule has 2 aliphatic heterocycles. The van der Waals surface area contributed by atoms with Crippen LogP contribution in [0, 0.1) is 6.92 Å². The highest BCUT2D eigenvalue weighted by atomic mass is 16.5. The second-order valence-corrected chi connectivity index (χ2v) is 7.68. The van der Waals surface area contributed by atoms with Crippen LogP contribution < -0.4 is 5.32 Å². The molecule has 27 heavy (non-hydrogen) atoms. The van der Waals surface area contributed by atoms with E-state index in [1.165, 1.54) is 11.1 Å². The minimum Gasteiger partial charge on any atom is -0.381 e. The molecule has 142 valence electrons. The Morgan fingerprint density at radius 2 is 1.78 bits per heavy atom. The van der Waals surface area contributed by atoms with Crippen molar-refractivity contribution in [2.24, 2.45) is 0 Å². The number of aryl methyl sites for hydroxylation is 1. The molecule has 0 aliphatic carbocycles. The van der Waals surface area contributed by atoms with E-state index in [-0.39, 0.29) is 11.9 Å². The van der Waals surface area contributed by atoms with Crippen LogP contribution in [0.3, 0.4) is 0 Å². The number of hydrogen-bond acceptors (Lipinski definition) is 3. The quantitative estimate of drug-likeness (QED) is 0.882. The lowest BCUT2D eigenvalue weighted by atomic mass is 10.0. The van der Waals surface area contributed by atoms with Gasteiger partial charge in [-0.1, -0.05) is 42.0 Å². The fraction of sp³-hybridized carbons (Fsp3) is 0.435. The molecule has 2 aliphatic rings. The van der Waals surface area contributed by atoms with Crippen molar-refractivity contribution in [1.82, 2.24) is 4.90 Å². The fourth-order valence-electron chi connectivity index (χ4n) is 4.35. The van der Waals surface area contributed by atoms with E-state index in [0.29, 0.717) is 6.04 Å². The number of amides is 1. The maximum absolute atomic E-state index is 13.0. The molecule has 0 spiro atoms. The Labute approximate surface area is 161 Å². The van der Waals surface area contributed by atoms with E-state index in [9.17, 15) is 4.79 Å². The average Bonchev–Trinajstić information content (AvgIpc) is 3.19. The topological polar surface area (TPSA) is 41.6 Å². The molecule has 2 aromatic rings. The maximum atomic E-state index is 13.0. The largest absolute Gasteiger partial charge is 0.381 e. The molecule has 2 saturated heterocycles. The van der Waals surface area contributed by atoms with Crippen LogP contribution in [0.2, 0.25) is 0 Å². The molecular weight excluding hydrogens is 336 g/mol. The Bertz CT molecular complexity index is 798. The number of rotatable bonds is 4. The zero-order valence-corrected chi connectivity index (χ0v) is 16.0. The lowest BCUT2D eigenvalue weighted by Crippen LogP contribution is -2.47. The monoisotopic (exact) mass is 364 g/mol. The number of nitrogens with zero attached hydrogens (tertiary/aromatic N) is 1. The molecule has 4 rings (SSSR count). The van der Waals surface area contributed by atoms with Gasteiger partial charge in [-0.05, 0) is 62.4 Å². The van der Waals surface area contributed by atoms with E-state index in [1.54, 1.807) is 0 Å². The highest BCUT2D eigenvalue weighted by Gasteiger charge is 2.35. The first-order valence-electron chi connectivity index (χ1n) is 10.0. The first kappa shape index (κ1) is 18.2. The van der Waals surface area contributed by atoms with Gasteiger partial charge in [-0.15, -0.1) is 0 Å². The summed E-state index contributed by atoms with van der Waals surface area (Å²) in [5.41, 5.74) is 4.41. The maximum Gasteiger partial charge on any atom is 0.241 e. The van der Waals surface area contributed by atoms with E-state index in [2.05, 4.69) is 53.5 Å². The minimum atomic E-state index is -0.0178. The molecule has 2 fully saturated rings. The zero-order valence-electron chi connectivity index (χ0n) is 16.0. The molecule has 0 bridgehead atoms. The number of nitrogens with one attached hydrogen (secondary N) is 1. The molecule has 1 unspecified atom stereocenters. The molecular formula is C23H28N2O2. The number of ether oxygens (including phenoxy) is 1. The molecule has 2 heterocycles. The van der Waals surface area contributed by atoms with Gasteiger partial charge in [-0.3, -0.25) is 9.69 Å². The van der Waals surface area contributed by atoms with E-state index < -0.39 is 0 Å². The summed E-state index contributed by atoms with van der Waals surface area (Å²) in [6.45, 7) is 4.74. The molecule has 2 aromatic carbocycles. The standard InChI is InChI=1S/C23H28N2O2/c1-17-5-2-6-18(15-17)19-7-3-8-20(16-19)24-23(26)22-9-4-12-25(22)21-10-13-27-14-11-21/h2-3,5-8,15-16,21-22H,4,9-14H2,1H3,(H,24,26). The molecule has 0 aromatic heterocycles. The molecule has 1 amide bonds. The van der Waals surface area contributed by atoms with Crippen LogP contribution in [-0.2, 0) is 9.53 Å². The minimum absolute atomic E-state index is 0.0178. The van der Waals surface area contributed by atoms with Crippen molar-refractivity contribution in [1.29, 1.82) is 0 Å². The van der Waals surface area contributed by atoms with Crippen molar-refractivity contribution in [2.45, 2.75) is 44.7 Å². The number of benzene rings is 2. The van der Waals surface area contributed by atoms with Crippen molar-refractivity contribution in [3.63, 3.8) is 0 Å². The van der Waals surface area contributed by atoms with Gasteiger partial charge >= 0.3 is 0 Å². The second-order valence-electron chi connectivity index (χ2n) is 7.68. The van der Waals surface area contributed by atoms with Gasteiger partial charge in [0.1, 0.15) is 0 Å². The van der Waals surface area contributed by atoms with Gasteiger partial charge in [0, 0.05) is 24.9 Å². The van der Waals surface area contributed by atoms with E-state index >= 15 is 0 Å². The lowest BCUT2D eigenvalue weighted by molar-refractivity contribution is -0.121. The molecule has 1 atom stereocenters. The van der Waals surface area contributed by atoms with E-state index in [4.69, 9.17) is 4.74 Å². The van der Waals surface area contributed by atoms with Crippen LogP contribution in [-0.4, -0.2) is 42.6 Å². The van der Waals surface area contributed by atoms with E-state index in [1.807, 2.05) is 12.1 Å². The predicted octanol–water partition coefficient (Wildman–Crippen LogP) is 4.24. The van der Waals surface area contributed by atoms with Crippen LogP contribution in [0.15, 0.2) is 48.5 Å². The summed E-state index contributed by atoms with van der Waals surface area (Å²) in [6.07, 6.45) is 4.11. The molecule has 0 saturated carbocycles. The van der Waals surface area contributed by atoms with Crippen molar-refractivity contribution in [3.05, 3.63) is 54.1 Å². The summed E-state index contributed by atoms with van der Waals surface area (Å²) < 4.78 is 5.49. The van der Waals surface area contributed by atoms with Gasteiger partial charge < -0.3 is 10.1 Å². The van der Waals surface area contributed by atoms with Crippen LogP contribution in [0.1, 0.15) is 31.2 Å². The first-order valence-corrected chi connectivity index (χ1v) is 10.0. The van der Waals surface area contributed by atoms with Crippen LogP contribution in [0.25, 0.3) is 11.1 Å². The van der Waals surface area contributed by atoms with Gasteiger partial charge in [0.2, 0.25) is 5.91 Å². The van der Waals surface area contributed by atoms with Gasteiger partial charge in [-0.25, -0.2) is 0 Å². The van der Waals surface area contributed by atoms with Crippen molar-refractivity contribution in [3.8, 4) is 11.1 Å². The molecule has 4 heteroatoms. The Morgan fingerprint density at radius 1 is 1.04 bits per heavy atom. The third kappa shape index (κ3) is 4.23. The Morgan fingerprint density at radius 3 is 2.56 bits per heavy atom. The lowest BCUT2D eigenvalue weighted by Gasteiger charge is -2.34. The fourth-order valence-corrected chi connectivity index (χ4v) is 4.35. The molecule has 1 N–H and O–H groups in total. The van der Waals surface area contributed by atoms with Gasteiger partial charge in [-0.2, -0.15) is 0 Å². The molecule has 4 nitrogen and oxygen atoms in total. The van der Waals surface area contributed by atoms with Crippen molar-refractivity contribution >= 4 is 11.6 Å². The highest BCUT2D eigenvalue weighted by molar-refractivity contribution is 5.95. The SMILES string of the molecule is Cc1cccc(-c2cccc(NC(=O)C3CCCN3C3CCOCC3)c2)c1. The summed E-state index contributed by atoms with van der Waals surface area (Å²) in [5, 5.41) is 3.17. The summed E-state index contributed by atoms with van der Waals surface area (Å²) in [7, 11) is 0. The van der Waals surface area contributed by atoms with Crippen LogP contribution in [0.5, 0.6) is 0 Å². The number of carbonyl (C=O) groups excluding carboxylic acids is 1. The smallest absolute Gasteiger partial charge is 0.241 e. The normalized spacial score (nSPS) is 21.3. The van der Waals surface area contributed by atoms with Gasteiger partial charge in [0.25, 0.3) is 0 Å². The summed E-state index contributed by atoms with van der Waals surface area (Å²) in [5.74, 6) is 0.125. The van der Waals surface area contributed by atoms with Crippen molar-refractivity contribution < 1.29 is 9.53 Å².